The Balaban J connectivity index is 1.21. The van der Waals surface area contributed by atoms with Crippen molar-refractivity contribution < 1.29 is 4.79 Å². The monoisotopic (exact) mass is 455 g/mol. The van der Waals surface area contributed by atoms with Gasteiger partial charge in [0.2, 0.25) is 0 Å². The quantitative estimate of drug-likeness (QED) is 0.493. The van der Waals surface area contributed by atoms with Crippen LogP contribution in [-0.2, 0) is 6.54 Å². The summed E-state index contributed by atoms with van der Waals surface area (Å²) >= 11 is 0. The van der Waals surface area contributed by atoms with Crippen molar-refractivity contribution in [2.75, 3.05) is 38.0 Å². The molecule has 3 aromatic heterocycles. The fraction of sp³-hybridized carbons (Fsp3) is 0.308. The summed E-state index contributed by atoms with van der Waals surface area (Å²) < 4.78 is 2.18. The molecule has 0 unspecified atom stereocenters. The number of fused-ring (bicyclic) bond motifs is 1. The number of aryl methyl sites for hydroxylation is 2. The van der Waals surface area contributed by atoms with Crippen LogP contribution in [0.4, 0.5) is 10.5 Å². The predicted octanol–water partition coefficient (Wildman–Crippen LogP) is 3.96. The lowest BCUT2D eigenvalue weighted by molar-refractivity contribution is 0.145. The van der Waals surface area contributed by atoms with Crippen LogP contribution in [0.2, 0.25) is 0 Å². The molecule has 0 radical (unpaired) electrons. The summed E-state index contributed by atoms with van der Waals surface area (Å²) in [5.74, 6) is 0.905. The summed E-state index contributed by atoms with van der Waals surface area (Å²) in [6.07, 6.45) is 5.38. The van der Waals surface area contributed by atoms with Crippen molar-refractivity contribution in [1.29, 1.82) is 0 Å². The standard InChI is InChI=1S/C26H29N7O/c1-19-5-6-22(18-20(19)2)29-26(34)32-15-12-31(13-16-32)14-17-33-24(21-7-10-27-11-8-21)30-23-4-3-9-28-25(23)33/h3-11,18H,12-17H2,1-2H3,(H,29,34). The van der Waals surface area contributed by atoms with E-state index in [0.717, 1.165) is 54.4 Å². The predicted molar refractivity (Wildman–Crippen MR) is 134 cm³/mol. The molecule has 174 valence electrons. The second-order valence-corrected chi connectivity index (χ2v) is 8.73. The lowest BCUT2D eigenvalue weighted by Gasteiger charge is -2.34. The number of aromatic nitrogens is 4. The Hall–Kier alpha value is -3.78. The minimum atomic E-state index is -0.0346. The van der Waals surface area contributed by atoms with Crippen LogP contribution >= 0.6 is 0 Å². The van der Waals surface area contributed by atoms with Crippen molar-refractivity contribution in [2.24, 2.45) is 0 Å². The Morgan fingerprint density at radius 1 is 0.941 bits per heavy atom. The van der Waals surface area contributed by atoms with Gasteiger partial charge >= 0.3 is 6.03 Å². The van der Waals surface area contributed by atoms with Crippen LogP contribution < -0.4 is 5.32 Å². The zero-order valence-corrected chi connectivity index (χ0v) is 19.6. The Morgan fingerprint density at radius 3 is 2.50 bits per heavy atom. The lowest BCUT2D eigenvalue weighted by Crippen LogP contribution is -2.50. The van der Waals surface area contributed by atoms with Crippen molar-refractivity contribution in [2.45, 2.75) is 20.4 Å². The van der Waals surface area contributed by atoms with E-state index in [1.165, 1.54) is 11.1 Å². The number of pyridine rings is 2. The summed E-state index contributed by atoms with van der Waals surface area (Å²) in [7, 11) is 0. The summed E-state index contributed by atoms with van der Waals surface area (Å²) in [6.45, 7) is 8.86. The van der Waals surface area contributed by atoms with Crippen LogP contribution in [0, 0.1) is 13.8 Å². The normalized spacial score (nSPS) is 14.5. The zero-order valence-electron chi connectivity index (χ0n) is 19.6. The molecule has 1 N–H and O–H groups in total. The Bertz CT molecular complexity index is 1290. The van der Waals surface area contributed by atoms with E-state index in [1.54, 1.807) is 12.4 Å². The van der Waals surface area contributed by atoms with Crippen molar-refractivity contribution >= 4 is 22.9 Å². The van der Waals surface area contributed by atoms with Gasteiger partial charge in [0, 0.05) is 69.1 Å². The van der Waals surface area contributed by atoms with Gasteiger partial charge in [0.15, 0.2) is 5.65 Å². The number of amides is 2. The molecule has 34 heavy (non-hydrogen) atoms. The summed E-state index contributed by atoms with van der Waals surface area (Å²) in [5, 5.41) is 3.04. The number of nitrogens with one attached hydrogen (secondary N) is 1. The number of urea groups is 1. The molecule has 1 saturated heterocycles. The third-order valence-corrected chi connectivity index (χ3v) is 6.50. The van der Waals surface area contributed by atoms with Gasteiger partial charge in [-0.15, -0.1) is 0 Å². The summed E-state index contributed by atoms with van der Waals surface area (Å²) in [6, 6.07) is 13.8. The maximum absolute atomic E-state index is 12.7. The van der Waals surface area contributed by atoms with Gasteiger partial charge in [-0.05, 0) is 61.4 Å². The maximum Gasteiger partial charge on any atom is 0.321 e. The highest BCUT2D eigenvalue weighted by molar-refractivity contribution is 5.89. The molecule has 2 amide bonds. The van der Waals surface area contributed by atoms with Crippen LogP contribution in [-0.4, -0.2) is 68.1 Å². The first-order chi connectivity index (χ1) is 16.6. The number of carbonyl (C=O) groups excluding carboxylic acids is 1. The van der Waals surface area contributed by atoms with Crippen LogP contribution in [0.15, 0.2) is 61.1 Å². The molecule has 0 bridgehead atoms. The molecule has 0 saturated carbocycles. The number of carbonyl (C=O) groups is 1. The zero-order chi connectivity index (χ0) is 23.5. The molecule has 4 aromatic rings. The van der Waals surface area contributed by atoms with E-state index in [4.69, 9.17) is 4.98 Å². The minimum absolute atomic E-state index is 0.0346. The highest BCUT2D eigenvalue weighted by Crippen LogP contribution is 2.23. The molecule has 4 heterocycles. The molecule has 1 aliphatic heterocycles. The smallest absolute Gasteiger partial charge is 0.321 e. The third-order valence-electron chi connectivity index (χ3n) is 6.50. The van der Waals surface area contributed by atoms with E-state index in [-0.39, 0.29) is 6.03 Å². The van der Waals surface area contributed by atoms with Gasteiger partial charge in [0.05, 0.1) is 0 Å². The van der Waals surface area contributed by atoms with E-state index in [2.05, 4.69) is 38.6 Å². The van der Waals surface area contributed by atoms with Crippen LogP contribution in [0.5, 0.6) is 0 Å². The molecule has 0 aliphatic carbocycles. The Labute approximate surface area is 199 Å². The van der Waals surface area contributed by atoms with Crippen molar-refractivity contribution in [3.8, 4) is 11.4 Å². The number of benzene rings is 1. The molecule has 8 nitrogen and oxygen atoms in total. The topological polar surface area (TPSA) is 79.2 Å². The van der Waals surface area contributed by atoms with Crippen LogP contribution in [0.25, 0.3) is 22.6 Å². The largest absolute Gasteiger partial charge is 0.322 e. The van der Waals surface area contributed by atoms with Gasteiger partial charge < -0.3 is 14.8 Å². The second kappa shape index (κ2) is 9.61. The van der Waals surface area contributed by atoms with E-state index >= 15 is 0 Å². The third kappa shape index (κ3) is 4.63. The van der Waals surface area contributed by atoms with Crippen LogP contribution in [0.1, 0.15) is 11.1 Å². The molecule has 0 spiro atoms. The highest BCUT2D eigenvalue weighted by atomic mass is 16.2. The number of nitrogens with zero attached hydrogens (tertiary/aromatic N) is 6. The van der Waals surface area contributed by atoms with E-state index < -0.39 is 0 Å². The van der Waals surface area contributed by atoms with E-state index in [9.17, 15) is 4.79 Å². The van der Waals surface area contributed by atoms with Gasteiger partial charge in [-0.1, -0.05) is 6.07 Å². The van der Waals surface area contributed by atoms with Crippen LogP contribution in [0.3, 0.4) is 0 Å². The van der Waals surface area contributed by atoms with Gasteiger partial charge in [0.25, 0.3) is 0 Å². The van der Waals surface area contributed by atoms with Gasteiger partial charge in [-0.3, -0.25) is 9.88 Å². The van der Waals surface area contributed by atoms with Crippen molar-refractivity contribution in [3.05, 3.63) is 72.2 Å². The second-order valence-electron chi connectivity index (χ2n) is 8.73. The van der Waals surface area contributed by atoms with E-state index in [0.29, 0.717) is 13.1 Å². The van der Waals surface area contributed by atoms with Gasteiger partial charge in [-0.25, -0.2) is 14.8 Å². The molecular formula is C26H29N7O. The minimum Gasteiger partial charge on any atom is -0.322 e. The number of piperazine rings is 1. The Morgan fingerprint density at radius 2 is 1.74 bits per heavy atom. The number of hydrogen-bond acceptors (Lipinski definition) is 5. The molecule has 5 rings (SSSR count). The molecule has 1 aromatic carbocycles. The molecule has 1 fully saturated rings. The highest BCUT2D eigenvalue weighted by Gasteiger charge is 2.22. The SMILES string of the molecule is Cc1ccc(NC(=O)N2CCN(CCn3c(-c4ccncc4)nc4cccnc43)CC2)cc1C. The number of anilines is 1. The summed E-state index contributed by atoms with van der Waals surface area (Å²) in [5.41, 5.74) is 6.05. The fourth-order valence-corrected chi connectivity index (χ4v) is 4.33. The first kappa shape index (κ1) is 22.0. The fourth-order valence-electron chi connectivity index (χ4n) is 4.33. The molecular weight excluding hydrogens is 426 g/mol. The van der Waals surface area contributed by atoms with Crippen molar-refractivity contribution in [1.82, 2.24) is 29.3 Å². The van der Waals surface area contributed by atoms with E-state index in [1.807, 2.05) is 53.6 Å². The average Bonchev–Trinajstić information content (AvgIpc) is 3.24. The maximum atomic E-state index is 12.7. The number of hydrogen-bond donors (Lipinski definition) is 1. The van der Waals surface area contributed by atoms with Gasteiger partial charge in [0.1, 0.15) is 11.3 Å². The Kier molecular flexibility index (Phi) is 6.22. The lowest BCUT2D eigenvalue weighted by atomic mass is 10.1. The van der Waals surface area contributed by atoms with Crippen molar-refractivity contribution in [3.63, 3.8) is 0 Å². The molecule has 8 heteroatoms. The average molecular weight is 456 g/mol. The number of rotatable bonds is 5. The first-order valence-corrected chi connectivity index (χ1v) is 11.7. The van der Waals surface area contributed by atoms with Gasteiger partial charge in [-0.2, -0.15) is 0 Å². The first-order valence-electron chi connectivity index (χ1n) is 11.7. The molecule has 1 aliphatic rings. The summed E-state index contributed by atoms with van der Waals surface area (Å²) in [4.78, 5) is 30.6. The number of imidazole rings is 1. The molecule has 0 atom stereocenters.